The molecule has 1 aliphatic rings. The molecule has 1 aliphatic carbocycles. The van der Waals surface area contributed by atoms with Crippen molar-refractivity contribution in [1.29, 1.82) is 0 Å². The number of halogens is 1. The molecule has 1 nitrogen and oxygen atoms in total. The van der Waals surface area contributed by atoms with E-state index in [4.69, 9.17) is 0 Å². The molecule has 0 atom stereocenters. The van der Waals surface area contributed by atoms with Crippen molar-refractivity contribution in [2.45, 2.75) is 32.2 Å². The molecule has 1 fully saturated rings. The summed E-state index contributed by atoms with van der Waals surface area (Å²) in [5, 5.41) is 3.58. The van der Waals surface area contributed by atoms with E-state index in [9.17, 15) is 0 Å². The third-order valence-corrected chi connectivity index (χ3v) is 3.90. The van der Waals surface area contributed by atoms with Gasteiger partial charge in [0.1, 0.15) is 0 Å². The number of nitrogens with one attached hydrogen (secondary N) is 1. The maximum absolute atomic E-state index is 3.58. The highest BCUT2D eigenvalue weighted by molar-refractivity contribution is 14.1. The van der Waals surface area contributed by atoms with Crippen LogP contribution in [0.5, 0.6) is 0 Å². The van der Waals surface area contributed by atoms with Gasteiger partial charge in [-0.25, -0.2) is 0 Å². The molecule has 0 spiro atoms. The van der Waals surface area contributed by atoms with Crippen molar-refractivity contribution in [3.8, 4) is 0 Å². The fraction of sp³-hybridized carbons (Fsp3) is 0.455. The van der Waals surface area contributed by atoms with Crippen molar-refractivity contribution in [2.24, 2.45) is 0 Å². The second-order valence-electron chi connectivity index (χ2n) is 3.68. The first-order valence-corrected chi connectivity index (χ1v) is 5.87. The summed E-state index contributed by atoms with van der Waals surface area (Å²) in [5.41, 5.74) is 2.70. The molecular formula is C11H14IN. The largest absolute Gasteiger partial charge is 0.382 e. The topological polar surface area (TPSA) is 12.0 Å². The normalized spacial score (nSPS) is 16.8. The smallest absolute Gasteiger partial charge is 0.0382 e. The fourth-order valence-corrected chi connectivity index (χ4v) is 2.03. The van der Waals surface area contributed by atoms with Gasteiger partial charge in [0.2, 0.25) is 0 Å². The van der Waals surface area contributed by atoms with E-state index in [2.05, 4.69) is 53.0 Å². The molecule has 1 aromatic rings. The monoisotopic (exact) mass is 287 g/mol. The lowest BCUT2D eigenvalue weighted by Crippen LogP contribution is -2.27. The Morgan fingerprint density at radius 3 is 2.77 bits per heavy atom. The summed E-state index contributed by atoms with van der Waals surface area (Å²) in [5.74, 6) is 0. The van der Waals surface area contributed by atoms with Crippen LogP contribution in [0.1, 0.15) is 24.8 Å². The van der Waals surface area contributed by atoms with Crippen molar-refractivity contribution in [1.82, 2.24) is 0 Å². The van der Waals surface area contributed by atoms with Crippen LogP contribution < -0.4 is 5.32 Å². The molecule has 0 aromatic heterocycles. The standard InChI is InChI=1S/C11H14IN/c1-8-10(12)6-3-7-11(8)13-9-4-2-5-9/h3,6-7,9,13H,2,4-5H2,1H3. The minimum Gasteiger partial charge on any atom is -0.382 e. The van der Waals surface area contributed by atoms with Crippen LogP contribution in [0.2, 0.25) is 0 Å². The van der Waals surface area contributed by atoms with Crippen molar-refractivity contribution in [3.05, 3.63) is 27.3 Å². The first-order chi connectivity index (χ1) is 6.27. The van der Waals surface area contributed by atoms with Crippen molar-refractivity contribution in [2.75, 3.05) is 5.32 Å². The fourth-order valence-electron chi connectivity index (χ4n) is 1.54. The van der Waals surface area contributed by atoms with Gasteiger partial charge in [-0.15, -0.1) is 0 Å². The Bertz CT molecular complexity index is 305. The molecule has 0 bridgehead atoms. The van der Waals surface area contributed by atoms with Gasteiger partial charge < -0.3 is 5.32 Å². The van der Waals surface area contributed by atoms with Gasteiger partial charge in [-0.1, -0.05) is 6.07 Å². The molecule has 0 unspecified atom stereocenters. The predicted octanol–water partition coefficient (Wildman–Crippen LogP) is 3.56. The zero-order chi connectivity index (χ0) is 9.26. The summed E-state index contributed by atoms with van der Waals surface area (Å²) < 4.78 is 1.35. The number of benzene rings is 1. The van der Waals surface area contributed by atoms with E-state index >= 15 is 0 Å². The van der Waals surface area contributed by atoms with Gasteiger partial charge in [-0.05, 0) is 66.5 Å². The molecule has 0 radical (unpaired) electrons. The third kappa shape index (κ3) is 1.98. The minimum absolute atomic E-state index is 0.733. The lowest BCUT2D eigenvalue weighted by Gasteiger charge is -2.28. The van der Waals surface area contributed by atoms with Gasteiger partial charge in [-0.3, -0.25) is 0 Å². The molecule has 0 saturated heterocycles. The van der Waals surface area contributed by atoms with Crippen LogP contribution in [0.25, 0.3) is 0 Å². The average molecular weight is 287 g/mol. The molecule has 2 heteroatoms. The summed E-state index contributed by atoms with van der Waals surface area (Å²) in [7, 11) is 0. The van der Waals surface area contributed by atoms with Crippen LogP contribution in [-0.4, -0.2) is 6.04 Å². The van der Waals surface area contributed by atoms with Gasteiger partial charge >= 0.3 is 0 Å². The second-order valence-corrected chi connectivity index (χ2v) is 4.85. The maximum Gasteiger partial charge on any atom is 0.0382 e. The first kappa shape index (κ1) is 9.31. The molecule has 1 N–H and O–H groups in total. The van der Waals surface area contributed by atoms with Gasteiger partial charge in [0.25, 0.3) is 0 Å². The Morgan fingerprint density at radius 2 is 2.15 bits per heavy atom. The molecule has 70 valence electrons. The van der Waals surface area contributed by atoms with Gasteiger partial charge in [0, 0.05) is 15.3 Å². The summed E-state index contributed by atoms with van der Waals surface area (Å²) in [6.07, 6.45) is 4.07. The number of rotatable bonds is 2. The molecular weight excluding hydrogens is 273 g/mol. The molecule has 0 heterocycles. The predicted molar refractivity (Wildman–Crippen MR) is 65.2 cm³/mol. The quantitative estimate of drug-likeness (QED) is 0.820. The maximum atomic E-state index is 3.58. The molecule has 1 saturated carbocycles. The minimum atomic E-state index is 0.733. The lowest BCUT2D eigenvalue weighted by molar-refractivity contribution is 0.445. The zero-order valence-electron chi connectivity index (χ0n) is 7.81. The van der Waals surface area contributed by atoms with E-state index in [1.807, 2.05) is 0 Å². The van der Waals surface area contributed by atoms with Crippen molar-refractivity contribution in [3.63, 3.8) is 0 Å². The number of hydrogen-bond donors (Lipinski definition) is 1. The van der Waals surface area contributed by atoms with Crippen molar-refractivity contribution >= 4 is 28.3 Å². The molecule has 0 aliphatic heterocycles. The van der Waals surface area contributed by atoms with Crippen LogP contribution in [0.4, 0.5) is 5.69 Å². The second kappa shape index (κ2) is 3.86. The Morgan fingerprint density at radius 1 is 1.38 bits per heavy atom. The van der Waals surface area contributed by atoms with Crippen LogP contribution in [-0.2, 0) is 0 Å². The third-order valence-electron chi connectivity index (χ3n) is 2.73. The average Bonchev–Trinajstić information content (AvgIpc) is 2.04. The number of anilines is 1. The highest BCUT2D eigenvalue weighted by Crippen LogP contribution is 2.26. The summed E-state index contributed by atoms with van der Waals surface area (Å²) in [6.45, 7) is 2.18. The zero-order valence-corrected chi connectivity index (χ0v) is 9.97. The van der Waals surface area contributed by atoms with E-state index in [0.29, 0.717) is 0 Å². The van der Waals surface area contributed by atoms with E-state index < -0.39 is 0 Å². The summed E-state index contributed by atoms with van der Waals surface area (Å²) >= 11 is 2.39. The van der Waals surface area contributed by atoms with E-state index in [1.165, 1.54) is 34.1 Å². The molecule has 0 amide bonds. The Balaban J connectivity index is 2.14. The van der Waals surface area contributed by atoms with E-state index in [0.717, 1.165) is 6.04 Å². The van der Waals surface area contributed by atoms with Crippen LogP contribution in [0, 0.1) is 10.5 Å². The van der Waals surface area contributed by atoms with Crippen LogP contribution >= 0.6 is 22.6 Å². The highest BCUT2D eigenvalue weighted by Gasteiger charge is 2.17. The first-order valence-electron chi connectivity index (χ1n) is 4.79. The summed E-state index contributed by atoms with van der Waals surface area (Å²) in [6, 6.07) is 7.19. The van der Waals surface area contributed by atoms with E-state index in [1.54, 1.807) is 0 Å². The molecule has 13 heavy (non-hydrogen) atoms. The van der Waals surface area contributed by atoms with Crippen LogP contribution in [0.3, 0.4) is 0 Å². The Labute approximate surface area is 93.1 Å². The number of hydrogen-bond acceptors (Lipinski definition) is 1. The summed E-state index contributed by atoms with van der Waals surface area (Å²) in [4.78, 5) is 0. The molecule has 1 aromatic carbocycles. The van der Waals surface area contributed by atoms with Gasteiger partial charge in [-0.2, -0.15) is 0 Å². The van der Waals surface area contributed by atoms with E-state index in [-0.39, 0.29) is 0 Å². The SMILES string of the molecule is Cc1c(I)cccc1NC1CCC1. The van der Waals surface area contributed by atoms with Gasteiger partial charge in [0.15, 0.2) is 0 Å². The molecule has 2 rings (SSSR count). The van der Waals surface area contributed by atoms with Gasteiger partial charge in [0.05, 0.1) is 0 Å². The Kier molecular flexibility index (Phi) is 2.77. The lowest BCUT2D eigenvalue weighted by atomic mass is 9.93. The Hall–Kier alpha value is -0.250. The van der Waals surface area contributed by atoms with Crippen molar-refractivity contribution < 1.29 is 0 Å². The van der Waals surface area contributed by atoms with Crippen LogP contribution in [0.15, 0.2) is 18.2 Å². The highest BCUT2D eigenvalue weighted by atomic mass is 127.